The number of benzene rings is 1. The molecule has 0 saturated carbocycles. The fraction of sp³-hybridized carbons (Fsp3) is 0.471. The van der Waals surface area contributed by atoms with Crippen molar-refractivity contribution in [1.82, 2.24) is 9.88 Å². The van der Waals surface area contributed by atoms with Crippen LogP contribution < -0.4 is 0 Å². The molecule has 1 atom stereocenters. The minimum Gasteiger partial charge on any atom is -0.361 e. The molecule has 1 aromatic heterocycles. The summed E-state index contributed by atoms with van der Waals surface area (Å²) in [6.07, 6.45) is 6.10. The molecule has 0 radical (unpaired) electrons. The highest BCUT2D eigenvalue weighted by atomic mass is 16.2. The van der Waals surface area contributed by atoms with Crippen LogP contribution in [-0.2, 0) is 4.79 Å². The summed E-state index contributed by atoms with van der Waals surface area (Å²) in [5.41, 5.74) is 3.68. The van der Waals surface area contributed by atoms with Crippen LogP contribution in [0.25, 0.3) is 10.9 Å². The van der Waals surface area contributed by atoms with Crippen LogP contribution in [0.2, 0.25) is 0 Å². The molecule has 1 saturated heterocycles. The number of amides is 1. The van der Waals surface area contributed by atoms with Crippen LogP contribution in [0.5, 0.6) is 0 Å². The zero-order valence-electron chi connectivity index (χ0n) is 12.3. The fourth-order valence-electron chi connectivity index (χ4n) is 3.31. The molecular formula is C17H22N2O. The van der Waals surface area contributed by atoms with Crippen molar-refractivity contribution in [2.45, 2.75) is 45.6 Å². The van der Waals surface area contributed by atoms with Crippen molar-refractivity contribution in [3.05, 3.63) is 35.5 Å². The molecule has 1 aromatic carbocycles. The maximum atomic E-state index is 12.3. The predicted molar refractivity (Wildman–Crippen MR) is 81.6 cm³/mol. The first-order valence-corrected chi connectivity index (χ1v) is 7.54. The van der Waals surface area contributed by atoms with E-state index in [1.54, 1.807) is 0 Å². The summed E-state index contributed by atoms with van der Waals surface area (Å²) in [4.78, 5) is 17.7. The molecule has 1 aliphatic rings. The first-order chi connectivity index (χ1) is 9.68. The number of carbonyl (C=O) groups excluding carboxylic acids is 1. The van der Waals surface area contributed by atoms with Crippen LogP contribution in [0.3, 0.4) is 0 Å². The van der Waals surface area contributed by atoms with E-state index in [1.165, 1.54) is 22.9 Å². The highest BCUT2D eigenvalue weighted by Gasteiger charge is 2.25. The molecule has 1 unspecified atom stereocenters. The van der Waals surface area contributed by atoms with Gasteiger partial charge in [-0.25, -0.2) is 0 Å². The van der Waals surface area contributed by atoms with Crippen molar-refractivity contribution in [2.24, 2.45) is 0 Å². The molecule has 3 rings (SSSR count). The SMILES string of the molecule is Cc1cccc2[nH]cc(C(C)N3CCCCCC3=O)c12. The first-order valence-electron chi connectivity index (χ1n) is 7.54. The standard InChI is InChI=1S/C17H22N2O/c1-12-7-6-8-15-17(12)14(11-18-15)13(2)19-10-5-3-4-9-16(19)20/h6-8,11,13,18H,3-5,9-10H2,1-2H3. The number of likely N-dealkylation sites (tertiary alicyclic amines) is 1. The molecule has 3 nitrogen and oxygen atoms in total. The average Bonchev–Trinajstić information content (AvgIpc) is 2.76. The summed E-state index contributed by atoms with van der Waals surface area (Å²) in [6, 6.07) is 6.45. The van der Waals surface area contributed by atoms with Gasteiger partial charge < -0.3 is 9.88 Å². The third kappa shape index (κ3) is 2.21. The average molecular weight is 270 g/mol. The number of nitrogens with zero attached hydrogens (tertiary/aromatic N) is 1. The van der Waals surface area contributed by atoms with Gasteiger partial charge in [-0.1, -0.05) is 18.6 Å². The summed E-state index contributed by atoms with van der Waals surface area (Å²) in [7, 11) is 0. The van der Waals surface area contributed by atoms with Crippen molar-refractivity contribution in [2.75, 3.05) is 6.54 Å². The number of aryl methyl sites for hydroxylation is 1. The van der Waals surface area contributed by atoms with Crippen molar-refractivity contribution >= 4 is 16.8 Å². The Morgan fingerprint density at radius 3 is 2.95 bits per heavy atom. The number of rotatable bonds is 2. The van der Waals surface area contributed by atoms with Gasteiger partial charge in [0.05, 0.1) is 6.04 Å². The molecular weight excluding hydrogens is 248 g/mol. The summed E-state index contributed by atoms with van der Waals surface area (Å²) < 4.78 is 0. The van der Waals surface area contributed by atoms with Gasteiger partial charge in [0.2, 0.25) is 5.91 Å². The second kappa shape index (κ2) is 5.31. The monoisotopic (exact) mass is 270 g/mol. The summed E-state index contributed by atoms with van der Waals surface area (Å²) in [6.45, 7) is 5.17. The number of hydrogen-bond acceptors (Lipinski definition) is 1. The number of aromatic amines is 1. The van der Waals surface area contributed by atoms with Gasteiger partial charge in [0.1, 0.15) is 0 Å². The number of H-pyrrole nitrogens is 1. The lowest BCUT2D eigenvalue weighted by Crippen LogP contribution is -2.32. The van der Waals surface area contributed by atoms with Gasteiger partial charge in [-0.2, -0.15) is 0 Å². The molecule has 1 fully saturated rings. The van der Waals surface area contributed by atoms with E-state index >= 15 is 0 Å². The van der Waals surface area contributed by atoms with Gasteiger partial charge in [0.25, 0.3) is 0 Å². The lowest BCUT2D eigenvalue weighted by molar-refractivity contribution is -0.132. The van der Waals surface area contributed by atoms with Gasteiger partial charge in [0, 0.05) is 30.1 Å². The fourth-order valence-corrected chi connectivity index (χ4v) is 3.31. The van der Waals surface area contributed by atoms with Crippen molar-refractivity contribution in [3.63, 3.8) is 0 Å². The van der Waals surface area contributed by atoms with Crippen LogP contribution in [0, 0.1) is 6.92 Å². The van der Waals surface area contributed by atoms with E-state index < -0.39 is 0 Å². The zero-order valence-corrected chi connectivity index (χ0v) is 12.3. The van der Waals surface area contributed by atoms with E-state index in [2.05, 4.69) is 48.1 Å². The van der Waals surface area contributed by atoms with E-state index in [-0.39, 0.29) is 6.04 Å². The molecule has 0 bridgehead atoms. The Balaban J connectivity index is 1.99. The van der Waals surface area contributed by atoms with E-state index in [0.717, 1.165) is 24.9 Å². The second-order valence-electron chi connectivity index (χ2n) is 5.82. The van der Waals surface area contributed by atoms with Crippen molar-refractivity contribution in [1.29, 1.82) is 0 Å². The van der Waals surface area contributed by atoms with Crippen LogP contribution in [0.1, 0.15) is 49.8 Å². The molecule has 3 heteroatoms. The van der Waals surface area contributed by atoms with E-state index in [9.17, 15) is 4.79 Å². The summed E-state index contributed by atoms with van der Waals surface area (Å²) in [5.74, 6) is 0.304. The van der Waals surface area contributed by atoms with Gasteiger partial charge in [-0.05, 0) is 43.9 Å². The zero-order chi connectivity index (χ0) is 14.1. The molecule has 1 N–H and O–H groups in total. The minimum atomic E-state index is 0.149. The Morgan fingerprint density at radius 2 is 2.10 bits per heavy atom. The third-order valence-electron chi connectivity index (χ3n) is 4.47. The smallest absolute Gasteiger partial charge is 0.223 e. The van der Waals surface area contributed by atoms with E-state index in [1.807, 2.05) is 0 Å². The Labute approximate surface area is 120 Å². The van der Waals surface area contributed by atoms with Crippen molar-refractivity contribution < 1.29 is 4.79 Å². The van der Waals surface area contributed by atoms with Crippen LogP contribution >= 0.6 is 0 Å². The molecule has 1 amide bonds. The molecule has 0 spiro atoms. The molecule has 0 aliphatic carbocycles. The maximum Gasteiger partial charge on any atom is 0.223 e. The van der Waals surface area contributed by atoms with Crippen LogP contribution in [0.4, 0.5) is 0 Å². The number of hydrogen-bond donors (Lipinski definition) is 1. The highest BCUT2D eigenvalue weighted by Crippen LogP contribution is 2.31. The van der Waals surface area contributed by atoms with Crippen LogP contribution in [0.15, 0.2) is 24.4 Å². The second-order valence-corrected chi connectivity index (χ2v) is 5.82. The lowest BCUT2D eigenvalue weighted by atomic mass is 10.0. The third-order valence-corrected chi connectivity index (χ3v) is 4.47. The number of nitrogens with one attached hydrogen (secondary N) is 1. The Kier molecular flexibility index (Phi) is 3.51. The van der Waals surface area contributed by atoms with Gasteiger partial charge in [0.15, 0.2) is 0 Å². The highest BCUT2D eigenvalue weighted by molar-refractivity contribution is 5.87. The first kappa shape index (κ1) is 13.2. The van der Waals surface area contributed by atoms with Gasteiger partial charge >= 0.3 is 0 Å². The van der Waals surface area contributed by atoms with Crippen molar-refractivity contribution in [3.8, 4) is 0 Å². The van der Waals surface area contributed by atoms with E-state index in [4.69, 9.17) is 0 Å². The summed E-state index contributed by atoms with van der Waals surface area (Å²) in [5, 5.41) is 1.28. The normalized spacial score (nSPS) is 18.3. The predicted octanol–water partition coefficient (Wildman–Crippen LogP) is 3.94. The number of carbonyl (C=O) groups is 1. The quantitative estimate of drug-likeness (QED) is 0.881. The topological polar surface area (TPSA) is 36.1 Å². The summed E-state index contributed by atoms with van der Waals surface area (Å²) >= 11 is 0. The van der Waals surface area contributed by atoms with Gasteiger partial charge in [-0.15, -0.1) is 0 Å². The molecule has 20 heavy (non-hydrogen) atoms. The minimum absolute atomic E-state index is 0.149. The Bertz CT molecular complexity index is 629. The Morgan fingerprint density at radius 1 is 1.25 bits per heavy atom. The molecule has 106 valence electrons. The maximum absolute atomic E-state index is 12.3. The largest absolute Gasteiger partial charge is 0.361 e. The number of aromatic nitrogens is 1. The van der Waals surface area contributed by atoms with Gasteiger partial charge in [-0.3, -0.25) is 4.79 Å². The molecule has 2 heterocycles. The molecule has 2 aromatic rings. The number of fused-ring (bicyclic) bond motifs is 1. The van der Waals surface area contributed by atoms with E-state index in [0.29, 0.717) is 12.3 Å². The van der Waals surface area contributed by atoms with Crippen LogP contribution in [-0.4, -0.2) is 22.3 Å². The molecule has 1 aliphatic heterocycles. The Hall–Kier alpha value is -1.77. The lowest BCUT2D eigenvalue weighted by Gasteiger charge is -2.28.